The van der Waals surface area contributed by atoms with E-state index in [2.05, 4.69) is 0 Å². The van der Waals surface area contributed by atoms with Gasteiger partial charge in [0.25, 0.3) is 5.69 Å². The van der Waals surface area contributed by atoms with Gasteiger partial charge in [0.2, 0.25) is 0 Å². The quantitative estimate of drug-likeness (QED) is 0.175. The molecule has 0 radical (unpaired) electrons. The number of rotatable bonds is 9. The van der Waals surface area contributed by atoms with Crippen LogP contribution in [0.5, 0.6) is 11.5 Å². The summed E-state index contributed by atoms with van der Waals surface area (Å²) in [5.74, 6) is 0.432. The van der Waals surface area contributed by atoms with Crippen molar-refractivity contribution < 1.29 is 23.9 Å². The van der Waals surface area contributed by atoms with Crippen LogP contribution in [-0.4, -0.2) is 35.8 Å². The minimum Gasteiger partial charge on any atom is -0.496 e. The third-order valence-corrected chi connectivity index (χ3v) is 5.67. The number of hydrogen-bond donors (Lipinski definition) is 0. The Morgan fingerprint density at radius 2 is 1.71 bits per heavy atom. The van der Waals surface area contributed by atoms with Crippen molar-refractivity contribution in [2.75, 3.05) is 20.3 Å². The van der Waals surface area contributed by atoms with E-state index in [1.165, 1.54) is 13.2 Å². The van der Waals surface area contributed by atoms with Crippen LogP contribution >= 0.6 is 0 Å². The zero-order chi connectivity index (χ0) is 24.9. The van der Waals surface area contributed by atoms with E-state index in [-0.39, 0.29) is 23.7 Å². The second-order valence-corrected chi connectivity index (χ2v) is 7.77. The summed E-state index contributed by atoms with van der Waals surface area (Å²) in [5, 5.41) is 12.8. The minimum absolute atomic E-state index is 0.167. The normalized spacial score (nSPS) is 10.8. The second-order valence-electron chi connectivity index (χ2n) is 7.77. The van der Waals surface area contributed by atoms with Crippen LogP contribution in [0.25, 0.3) is 16.6 Å². The Morgan fingerprint density at radius 1 is 0.971 bits per heavy atom. The SMILES string of the molecule is CCOC(=O)c1c(Cc2ccccc2)c2cc(OCC)ccc2n1-c1ccc(OC)cc1[N+](=O)[O-]. The zero-order valence-electron chi connectivity index (χ0n) is 19.8. The van der Waals surface area contributed by atoms with Crippen molar-refractivity contribution in [1.29, 1.82) is 0 Å². The summed E-state index contributed by atoms with van der Waals surface area (Å²) < 4.78 is 18.0. The van der Waals surface area contributed by atoms with Gasteiger partial charge in [-0.1, -0.05) is 30.3 Å². The lowest BCUT2D eigenvalue weighted by atomic mass is 10.0. The number of fused-ring (bicyclic) bond motifs is 1. The first-order valence-corrected chi connectivity index (χ1v) is 11.3. The molecule has 1 aromatic heterocycles. The molecule has 8 heteroatoms. The van der Waals surface area contributed by atoms with Gasteiger partial charge in [0.15, 0.2) is 0 Å². The Balaban J connectivity index is 2.09. The fourth-order valence-electron chi connectivity index (χ4n) is 4.20. The number of esters is 1. The van der Waals surface area contributed by atoms with Crippen LogP contribution in [0.2, 0.25) is 0 Å². The van der Waals surface area contributed by atoms with Gasteiger partial charge >= 0.3 is 5.97 Å². The molecule has 0 bridgehead atoms. The molecule has 0 spiro atoms. The highest BCUT2D eigenvalue weighted by molar-refractivity contribution is 6.01. The van der Waals surface area contributed by atoms with Crippen LogP contribution in [0.3, 0.4) is 0 Å². The number of carbonyl (C=O) groups is 1. The highest BCUT2D eigenvalue weighted by Crippen LogP contribution is 2.38. The highest BCUT2D eigenvalue weighted by Gasteiger charge is 2.29. The fraction of sp³-hybridized carbons (Fsp3) is 0.222. The van der Waals surface area contributed by atoms with Crippen molar-refractivity contribution in [1.82, 2.24) is 4.57 Å². The van der Waals surface area contributed by atoms with Gasteiger partial charge in [-0.25, -0.2) is 4.79 Å². The molecule has 8 nitrogen and oxygen atoms in total. The molecule has 180 valence electrons. The molecule has 1 heterocycles. The molecule has 0 aliphatic rings. The molecule has 0 atom stereocenters. The van der Waals surface area contributed by atoms with Gasteiger partial charge in [-0.2, -0.15) is 0 Å². The average molecular weight is 475 g/mol. The van der Waals surface area contributed by atoms with Gasteiger partial charge in [-0.05, 0) is 55.3 Å². The molecule has 3 aromatic carbocycles. The van der Waals surface area contributed by atoms with E-state index in [9.17, 15) is 14.9 Å². The molecule has 0 unspecified atom stereocenters. The topological polar surface area (TPSA) is 92.8 Å². The van der Waals surface area contributed by atoms with Gasteiger partial charge in [-0.15, -0.1) is 0 Å². The van der Waals surface area contributed by atoms with Gasteiger partial charge in [0.1, 0.15) is 22.9 Å². The summed E-state index contributed by atoms with van der Waals surface area (Å²) in [5.41, 5.74) is 2.63. The van der Waals surface area contributed by atoms with Gasteiger partial charge in [0, 0.05) is 11.8 Å². The van der Waals surface area contributed by atoms with Crippen molar-refractivity contribution in [3.05, 3.63) is 93.7 Å². The van der Waals surface area contributed by atoms with E-state index in [4.69, 9.17) is 14.2 Å². The molecular formula is C27H26N2O6. The Labute approximate surface area is 202 Å². The van der Waals surface area contributed by atoms with Crippen LogP contribution in [0.1, 0.15) is 35.5 Å². The molecule has 0 amide bonds. The average Bonchev–Trinajstić information content (AvgIpc) is 3.18. The number of benzene rings is 3. The van der Waals surface area contributed by atoms with Gasteiger partial charge in [-0.3, -0.25) is 14.7 Å². The molecule has 0 saturated heterocycles. The van der Waals surface area contributed by atoms with Gasteiger partial charge in [0.05, 0.1) is 36.8 Å². The predicted molar refractivity (Wildman–Crippen MR) is 133 cm³/mol. The van der Waals surface area contributed by atoms with Gasteiger partial charge < -0.3 is 14.2 Å². The van der Waals surface area contributed by atoms with E-state index in [0.29, 0.717) is 35.6 Å². The Morgan fingerprint density at radius 3 is 2.37 bits per heavy atom. The number of nitro groups is 1. The summed E-state index contributed by atoms with van der Waals surface area (Å²) >= 11 is 0. The van der Waals surface area contributed by atoms with Crippen molar-refractivity contribution >= 4 is 22.6 Å². The number of ether oxygens (including phenoxy) is 3. The lowest BCUT2D eigenvalue weighted by Crippen LogP contribution is -2.14. The standard InChI is InChI=1S/C27H26N2O6/c1-4-34-20-12-13-23-21(16-20)22(15-18-9-7-6-8-10-18)26(27(30)35-5-2)28(23)24-14-11-19(33-3)17-25(24)29(31)32/h6-14,16-17H,4-5,15H2,1-3H3. The molecule has 0 N–H and O–H groups in total. The van der Waals surface area contributed by atoms with Crippen LogP contribution in [0.15, 0.2) is 66.7 Å². The predicted octanol–water partition coefficient (Wildman–Crippen LogP) is 5.71. The highest BCUT2D eigenvalue weighted by atomic mass is 16.6. The van der Waals surface area contributed by atoms with Crippen molar-refractivity contribution in [2.24, 2.45) is 0 Å². The van der Waals surface area contributed by atoms with E-state index in [1.54, 1.807) is 29.7 Å². The minimum atomic E-state index is -0.558. The molecule has 4 aromatic rings. The number of nitrogens with zero attached hydrogens (tertiary/aromatic N) is 2. The summed E-state index contributed by atoms with van der Waals surface area (Å²) in [7, 11) is 1.45. The molecule has 4 rings (SSSR count). The number of nitro benzene ring substituents is 1. The van der Waals surface area contributed by atoms with Crippen molar-refractivity contribution in [3.63, 3.8) is 0 Å². The number of aromatic nitrogens is 1. The molecular weight excluding hydrogens is 448 g/mol. The molecule has 0 saturated carbocycles. The Hall–Kier alpha value is -4.33. The van der Waals surface area contributed by atoms with E-state index in [0.717, 1.165) is 10.9 Å². The lowest BCUT2D eigenvalue weighted by Gasteiger charge is -2.13. The third-order valence-electron chi connectivity index (χ3n) is 5.67. The lowest BCUT2D eigenvalue weighted by molar-refractivity contribution is -0.384. The van der Waals surface area contributed by atoms with Crippen LogP contribution in [0, 0.1) is 10.1 Å². The zero-order valence-corrected chi connectivity index (χ0v) is 19.8. The number of methoxy groups -OCH3 is 1. The maximum atomic E-state index is 13.4. The monoisotopic (exact) mass is 474 g/mol. The first-order chi connectivity index (χ1) is 17.0. The van der Waals surface area contributed by atoms with E-state index < -0.39 is 10.9 Å². The maximum Gasteiger partial charge on any atom is 0.355 e. The maximum absolute atomic E-state index is 13.4. The first-order valence-electron chi connectivity index (χ1n) is 11.3. The summed E-state index contributed by atoms with van der Waals surface area (Å²) in [6.45, 7) is 4.27. The van der Waals surface area contributed by atoms with Crippen LogP contribution in [-0.2, 0) is 11.2 Å². The summed E-state index contributed by atoms with van der Waals surface area (Å²) in [6.07, 6.45) is 0.429. The van der Waals surface area contributed by atoms with Crippen molar-refractivity contribution in [3.8, 4) is 17.2 Å². The van der Waals surface area contributed by atoms with Crippen molar-refractivity contribution in [2.45, 2.75) is 20.3 Å². The third kappa shape index (κ3) is 4.68. The van der Waals surface area contributed by atoms with E-state index in [1.807, 2.05) is 49.4 Å². The van der Waals surface area contributed by atoms with Crippen LogP contribution < -0.4 is 9.47 Å². The largest absolute Gasteiger partial charge is 0.496 e. The van der Waals surface area contributed by atoms with Crippen LogP contribution in [0.4, 0.5) is 5.69 Å². The Bertz CT molecular complexity index is 1380. The fourth-order valence-corrected chi connectivity index (χ4v) is 4.20. The summed E-state index contributed by atoms with van der Waals surface area (Å²) in [4.78, 5) is 24.9. The molecule has 0 aliphatic heterocycles. The summed E-state index contributed by atoms with van der Waals surface area (Å²) in [6, 6.07) is 19.8. The van der Waals surface area contributed by atoms with E-state index >= 15 is 0 Å². The first kappa shape index (κ1) is 23.8. The molecule has 0 fully saturated rings. The molecule has 0 aliphatic carbocycles. The number of carbonyl (C=O) groups excluding carboxylic acids is 1. The smallest absolute Gasteiger partial charge is 0.355 e. The molecule has 35 heavy (non-hydrogen) atoms. The number of hydrogen-bond acceptors (Lipinski definition) is 6. The second kappa shape index (κ2) is 10.3. The Kier molecular flexibility index (Phi) is 7.01.